The SMILES string of the molecule is CCCC(CCC)NC(=O)Nc1ccc2ncc(Nc3cc(OC)c(OC)c(OC)c3)nc2n1. The highest BCUT2D eigenvalue weighted by molar-refractivity contribution is 5.89. The standard InChI is InChI=1S/C24H32N6O4/c1-6-8-15(9-7-2)27-24(31)30-20-11-10-17-23(28-20)29-21(14-25-17)26-16-12-18(32-3)22(34-5)19(13-16)33-4/h10-15H,6-9H2,1-5H3,(H3,26,27,28,29,30,31). The van der Waals surface area contributed by atoms with Crippen LogP contribution in [0.15, 0.2) is 30.5 Å². The van der Waals surface area contributed by atoms with Crippen LogP contribution in [-0.4, -0.2) is 48.4 Å². The van der Waals surface area contributed by atoms with E-state index < -0.39 is 0 Å². The van der Waals surface area contributed by atoms with Gasteiger partial charge in [0.1, 0.15) is 11.3 Å². The first-order chi connectivity index (χ1) is 16.5. The molecule has 0 aliphatic carbocycles. The first kappa shape index (κ1) is 24.8. The van der Waals surface area contributed by atoms with Crippen LogP contribution in [0.5, 0.6) is 17.2 Å². The van der Waals surface area contributed by atoms with Crippen LogP contribution >= 0.6 is 0 Å². The number of rotatable bonds is 11. The lowest BCUT2D eigenvalue weighted by Gasteiger charge is -2.17. The Kier molecular flexibility index (Phi) is 8.66. The van der Waals surface area contributed by atoms with Crippen molar-refractivity contribution in [2.24, 2.45) is 0 Å². The zero-order chi connectivity index (χ0) is 24.5. The van der Waals surface area contributed by atoms with Crippen LogP contribution in [0, 0.1) is 0 Å². The van der Waals surface area contributed by atoms with Gasteiger partial charge in [-0.2, -0.15) is 0 Å². The molecule has 0 bridgehead atoms. The molecule has 3 N–H and O–H groups in total. The van der Waals surface area contributed by atoms with Crippen molar-refractivity contribution < 1.29 is 19.0 Å². The molecule has 3 aromatic rings. The Morgan fingerprint density at radius 1 is 0.941 bits per heavy atom. The molecule has 0 atom stereocenters. The van der Waals surface area contributed by atoms with E-state index in [1.54, 1.807) is 51.8 Å². The number of methoxy groups -OCH3 is 3. The molecule has 0 aliphatic heterocycles. The van der Waals surface area contributed by atoms with E-state index >= 15 is 0 Å². The summed E-state index contributed by atoms with van der Waals surface area (Å²) in [5.74, 6) is 2.39. The maximum absolute atomic E-state index is 12.4. The summed E-state index contributed by atoms with van der Waals surface area (Å²) >= 11 is 0. The largest absolute Gasteiger partial charge is 0.493 e. The number of benzene rings is 1. The van der Waals surface area contributed by atoms with E-state index in [-0.39, 0.29) is 12.1 Å². The molecule has 3 rings (SSSR count). The molecule has 2 heterocycles. The quantitative estimate of drug-likeness (QED) is 0.364. The number of aromatic nitrogens is 3. The minimum absolute atomic E-state index is 0.143. The molecule has 0 unspecified atom stereocenters. The number of hydrogen-bond acceptors (Lipinski definition) is 8. The summed E-state index contributed by atoms with van der Waals surface area (Å²) in [6.07, 6.45) is 5.50. The van der Waals surface area contributed by atoms with Gasteiger partial charge in [-0.05, 0) is 25.0 Å². The van der Waals surface area contributed by atoms with E-state index in [4.69, 9.17) is 14.2 Å². The van der Waals surface area contributed by atoms with Crippen molar-refractivity contribution >= 4 is 34.5 Å². The lowest BCUT2D eigenvalue weighted by molar-refractivity contribution is 0.246. The predicted octanol–water partition coefficient (Wildman–Crippen LogP) is 4.88. The summed E-state index contributed by atoms with van der Waals surface area (Å²) in [6, 6.07) is 6.88. The Hall–Kier alpha value is -3.82. The lowest BCUT2D eigenvalue weighted by Crippen LogP contribution is -2.38. The molecule has 0 fully saturated rings. The minimum Gasteiger partial charge on any atom is -0.493 e. The number of carbonyl (C=O) groups excluding carboxylic acids is 1. The third-order valence-corrected chi connectivity index (χ3v) is 5.20. The van der Waals surface area contributed by atoms with E-state index in [1.807, 2.05) is 0 Å². The highest BCUT2D eigenvalue weighted by Gasteiger charge is 2.15. The summed E-state index contributed by atoms with van der Waals surface area (Å²) < 4.78 is 16.2. The van der Waals surface area contributed by atoms with Crippen molar-refractivity contribution in [3.8, 4) is 17.2 Å². The van der Waals surface area contributed by atoms with Gasteiger partial charge in [0.25, 0.3) is 0 Å². The van der Waals surface area contributed by atoms with Crippen molar-refractivity contribution in [3.63, 3.8) is 0 Å². The predicted molar refractivity (Wildman–Crippen MR) is 132 cm³/mol. The van der Waals surface area contributed by atoms with Gasteiger partial charge < -0.3 is 24.8 Å². The van der Waals surface area contributed by atoms with Gasteiger partial charge in [0.2, 0.25) is 5.75 Å². The number of nitrogens with zero attached hydrogens (tertiary/aromatic N) is 3. The zero-order valence-electron chi connectivity index (χ0n) is 20.3. The smallest absolute Gasteiger partial charge is 0.320 e. The van der Waals surface area contributed by atoms with Crippen LogP contribution in [0.4, 0.5) is 22.1 Å². The van der Waals surface area contributed by atoms with E-state index in [0.29, 0.717) is 45.7 Å². The fraction of sp³-hybridized carbons (Fsp3) is 0.417. The van der Waals surface area contributed by atoms with Crippen molar-refractivity contribution in [3.05, 3.63) is 30.5 Å². The van der Waals surface area contributed by atoms with Gasteiger partial charge in [-0.1, -0.05) is 26.7 Å². The van der Waals surface area contributed by atoms with Gasteiger partial charge in [-0.3, -0.25) is 5.32 Å². The van der Waals surface area contributed by atoms with Crippen molar-refractivity contribution in [1.82, 2.24) is 20.3 Å². The topological polar surface area (TPSA) is 120 Å². The molecule has 10 nitrogen and oxygen atoms in total. The molecule has 0 radical (unpaired) electrons. The lowest BCUT2D eigenvalue weighted by atomic mass is 10.1. The number of urea groups is 1. The Balaban J connectivity index is 1.78. The van der Waals surface area contributed by atoms with Crippen molar-refractivity contribution in [1.29, 1.82) is 0 Å². The van der Waals surface area contributed by atoms with Gasteiger partial charge in [0.05, 0.1) is 27.5 Å². The summed E-state index contributed by atoms with van der Waals surface area (Å²) in [4.78, 5) is 25.9. The summed E-state index contributed by atoms with van der Waals surface area (Å²) in [7, 11) is 4.66. The van der Waals surface area contributed by atoms with Crippen LogP contribution in [0.1, 0.15) is 39.5 Å². The molecular formula is C24H32N6O4. The molecule has 34 heavy (non-hydrogen) atoms. The minimum atomic E-state index is -0.279. The molecule has 0 saturated heterocycles. The Morgan fingerprint density at radius 3 is 2.18 bits per heavy atom. The Morgan fingerprint density at radius 2 is 1.59 bits per heavy atom. The van der Waals surface area contributed by atoms with Gasteiger partial charge in [0.15, 0.2) is 23.0 Å². The number of nitrogens with one attached hydrogen (secondary N) is 3. The first-order valence-electron chi connectivity index (χ1n) is 11.3. The maximum atomic E-state index is 12.4. The Bertz CT molecular complexity index is 1090. The van der Waals surface area contributed by atoms with Crippen LogP contribution in [-0.2, 0) is 0 Å². The number of carbonyl (C=O) groups is 1. The molecule has 0 spiro atoms. The number of fused-ring (bicyclic) bond motifs is 1. The third kappa shape index (κ3) is 6.15. The van der Waals surface area contributed by atoms with Crippen molar-refractivity contribution in [2.75, 3.05) is 32.0 Å². The fourth-order valence-electron chi connectivity index (χ4n) is 3.65. The molecule has 2 aromatic heterocycles. The number of anilines is 3. The maximum Gasteiger partial charge on any atom is 0.320 e. The molecule has 1 aromatic carbocycles. The second-order valence-electron chi connectivity index (χ2n) is 7.71. The normalized spacial score (nSPS) is 10.8. The molecule has 2 amide bonds. The first-order valence-corrected chi connectivity index (χ1v) is 11.3. The second kappa shape index (κ2) is 11.9. The van der Waals surface area contributed by atoms with E-state index in [0.717, 1.165) is 25.7 Å². The monoisotopic (exact) mass is 468 g/mol. The molecule has 0 saturated carbocycles. The number of ether oxygens (including phenoxy) is 3. The summed E-state index contributed by atoms with van der Waals surface area (Å²) in [5, 5.41) is 9.00. The zero-order valence-corrected chi connectivity index (χ0v) is 20.3. The summed E-state index contributed by atoms with van der Waals surface area (Å²) in [5.41, 5.74) is 1.68. The van der Waals surface area contributed by atoms with Crippen LogP contribution < -0.4 is 30.2 Å². The molecule has 182 valence electrons. The number of hydrogen-bond donors (Lipinski definition) is 3. The second-order valence-corrected chi connectivity index (χ2v) is 7.71. The average molecular weight is 469 g/mol. The van der Waals surface area contributed by atoms with Crippen LogP contribution in [0.25, 0.3) is 11.2 Å². The van der Waals surface area contributed by atoms with E-state index in [2.05, 4.69) is 44.7 Å². The number of pyridine rings is 1. The van der Waals surface area contributed by atoms with Crippen molar-refractivity contribution in [2.45, 2.75) is 45.6 Å². The summed E-state index contributed by atoms with van der Waals surface area (Å²) in [6.45, 7) is 4.21. The highest BCUT2D eigenvalue weighted by atomic mass is 16.5. The van der Waals surface area contributed by atoms with E-state index in [1.165, 1.54) is 0 Å². The van der Waals surface area contributed by atoms with E-state index in [9.17, 15) is 4.79 Å². The molecule has 10 heteroatoms. The molecule has 0 aliphatic rings. The van der Waals surface area contributed by atoms with Crippen LogP contribution in [0.2, 0.25) is 0 Å². The molecular weight excluding hydrogens is 436 g/mol. The van der Waals surface area contributed by atoms with Gasteiger partial charge >= 0.3 is 6.03 Å². The fourth-order valence-corrected chi connectivity index (χ4v) is 3.65. The van der Waals surface area contributed by atoms with Gasteiger partial charge in [-0.15, -0.1) is 0 Å². The average Bonchev–Trinajstić information content (AvgIpc) is 2.83. The third-order valence-electron chi connectivity index (χ3n) is 5.20. The Labute approximate surface area is 199 Å². The highest BCUT2D eigenvalue weighted by Crippen LogP contribution is 2.40. The number of amides is 2. The van der Waals surface area contributed by atoms with Gasteiger partial charge in [-0.25, -0.2) is 19.7 Å². The van der Waals surface area contributed by atoms with Gasteiger partial charge in [0, 0.05) is 23.9 Å². The van der Waals surface area contributed by atoms with Crippen LogP contribution in [0.3, 0.4) is 0 Å².